The molecule has 0 amide bonds. The maximum absolute atomic E-state index is 2.45. The number of rotatable bonds is 6. The summed E-state index contributed by atoms with van der Waals surface area (Å²) in [7, 11) is 0. The highest BCUT2D eigenvalue weighted by molar-refractivity contribution is 6.28. The normalized spacial score (nSPS) is 11.8. The van der Waals surface area contributed by atoms with Crippen molar-refractivity contribution in [3.63, 3.8) is 0 Å². The minimum Gasteiger partial charge on any atom is -0.311 e. The van der Waals surface area contributed by atoms with Crippen LogP contribution in [0.2, 0.25) is 0 Å². The lowest BCUT2D eigenvalue weighted by Gasteiger charge is -2.25. The van der Waals surface area contributed by atoms with Crippen LogP contribution in [0, 0.1) is 0 Å². The van der Waals surface area contributed by atoms with Crippen LogP contribution in [0.25, 0.3) is 76.9 Å². The fourth-order valence-corrected chi connectivity index (χ4v) is 8.62. The molecule has 0 atom stereocenters. The van der Waals surface area contributed by atoms with Gasteiger partial charge >= 0.3 is 0 Å². The Balaban J connectivity index is 1.14. The van der Waals surface area contributed by atoms with Crippen LogP contribution >= 0.6 is 0 Å². The summed E-state index contributed by atoms with van der Waals surface area (Å²) in [6, 6.07) is 72.5. The molecule has 0 aliphatic carbocycles. The second-order valence-electron chi connectivity index (χ2n) is 13.7. The molecule has 9 aromatic carbocycles. The molecule has 0 aliphatic rings. The molecule has 0 bridgehead atoms. The lowest BCUT2D eigenvalue weighted by atomic mass is 9.94. The highest BCUT2D eigenvalue weighted by Gasteiger charge is 2.22. The van der Waals surface area contributed by atoms with Gasteiger partial charge in [-0.05, 0) is 95.4 Å². The standard InChI is InChI=1S/C50H33N3/c1-4-14-35(15-5-1)51(36-16-6-2-7-17-36)38-26-24-34(25-27-38)39-30-31-47-49-42(39)28-29-43-46(32-33-48(50(43)49)52(47)37-18-8-3-9-19-37)53-44-22-12-10-20-40(44)41-21-11-13-23-45(41)53/h1-33H. The van der Waals surface area contributed by atoms with Crippen LogP contribution in [0.1, 0.15) is 0 Å². The number of nitrogens with zero attached hydrogens (tertiary/aromatic N) is 3. The van der Waals surface area contributed by atoms with E-state index in [0.717, 1.165) is 22.7 Å². The first-order chi connectivity index (χ1) is 26.3. The molecule has 2 aromatic heterocycles. The van der Waals surface area contributed by atoms with Gasteiger partial charge in [-0.1, -0.05) is 121 Å². The highest BCUT2D eigenvalue weighted by atomic mass is 15.1. The SMILES string of the molecule is c1ccc(N(c2ccccc2)c2ccc(-c3ccc4c5c3ccc3c(-n6c7ccccc7c7ccccc76)ccc(c35)n4-c3ccccc3)cc2)cc1. The van der Waals surface area contributed by atoms with Gasteiger partial charge in [0.05, 0.1) is 27.8 Å². The van der Waals surface area contributed by atoms with E-state index in [4.69, 9.17) is 0 Å². The molecule has 11 aromatic rings. The minimum absolute atomic E-state index is 1.12. The number of fused-ring (bicyclic) bond motifs is 3. The van der Waals surface area contributed by atoms with E-state index in [2.05, 4.69) is 214 Å². The lowest BCUT2D eigenvalue weighted by molar-refractivity contribution is 1.17. The van der Waals surface area contributed by atoms with Crippen LogP contribution in [0.5, 0.6) is 0 Å². The van der Waals surface area contributed by atoms with Crippen molar-refractivity contribution in [2.75, 3.05) is 4.90 Å². The number of para-hydroxylation sites is 5. The molecule has 0 aliphatic heterocycles. The van der Waals surface area contributed by atoms with Gasteiger partial charge in [0, 0.05) is 49.7 Å². The molecule has 53 heavy (non-hydrogen) atoms. The number of benzene rings is 9. The summed E-state index contributed by atoms with van der Waals surface area (Å²) in [6.45, 7) is 0. The molecule has 3 heteroatoms. The van der Waals surface area contributed by atoms with E-state index in [-0.39, 0.29) is 0 Å². The molecule has 0 fully saturated rings. The summed E-state index contributed by atoms with van der Waals surface area (Å²) in [5.74, 6) is 0. The molecular formula is C50H33N3. The van der Waals surface area contributed by atoms with E-state index in [1.807, 2.05) is 0 Å². The summed E-state index contributed by atoms with van der Waals surface area (Å²) >= 11 is 0. The van der Waals surface area contributed by atoms with Gasteiger partial charge in [0.1, 0.15) is 0 Å². The second kappa shape index (κ2) is 11.7. The molecule has 0 radical (unpaired) electrons. The Morgan fingerprint density at radius 2 is 0.792 bits per heavy atom. The smallest absolute Gasteiger partial charge is 0.0548 e. The van der Waals surface area contributed by atoms with Crippen LogP contribution < -0.4 is 4.90 Å². The molecule has 0 N–H and O–H groups in total. The maximum atomic E-state index is 2.45. The Morgan fingerprint density at radius 1 is 0.302 bits per heavy atom. The van der Waals surface area contributed by atoms with Gasteiger partial charge < -0.3 is 14.0 Å². The first-order valence-electron chi connectivity index (χ1n) is 18.2. The van der Waals surface area contributed by atoms with Crippen molar-refractivity contribution in [2.24, 2.45) is 0 Å². The minimum atomic E-state index is 1.12. The highest BCUT2D eigenvalue weighted by Crippen LogP contribution is 2.46. The van der Waals surface area contributed by atoms with Crippen molar-refractivity contribution in [3.8, 4) is 22.5 Å². The lowest BCUT2D eigenvalue weighted by Crippen LogP contribution is -2.09. The van der Waals surface area contributed by atoms with Crippen molar-refractivity contribution in [1.29, 1.82) is 0 Å². The molecule has 11 rings (SSSR count). The van der Waals surface area contributed by atoms with Crippen molar-refractivity contribution in [3.05, 3.63) is 200 Å². The molecule has 0 saturated carbocycles. The maximum Gasteiger partial charge on any atom is 0.0548 e. The van der Waals surface area contributed by atoms with E-state index in [0.29, 0.717) is 0 Å². The summed E-state index contributed by atoms with van der Waals surface area (Å²) < 4.78 is 4.89. The average Bonchev–Trinajstić information content (AvgIpc) is 3.75. The Hall–Kier alpha value is -7.10. The molecule has 3 nitrogen and oxygen atoms in total. The number of anilines is 3. The van der Waals surface area contributed by atoms with Gasteiger partial charge in [0.15, 0.2) is 0 Å². The van der Waals surface area contributed by atoms with Gasteiger partial charge in [0.25, 0.3) is 0 Å². The van der Waals surface area contributed by atoms with Crippen molar-refractivity contribution < 1.29 is 0 Å². The average molecular weight is 676 g/mol. The zero-order valence-electron chi connectivity index (χ0n) is 28.9. The quantitative estimate of drug-likeness (QED) is 0.160. The molecular weight excluding hydrogens is 643 g/mol. The van der Waals surface area contributed by atoms with Crippen LogP contribution in [-0.4, -0.2) is 9.13 Å². The Bertz CT molecular complexity index is 2990. The number of aromatic nitrogens is 2. The van der Waals surface area contributed by atoms with Gasteiger partial charge in [-0.3, -0.25) is 0 Å². The van der Waals surface area contributed by atoms with E-state index in [9.17, 15) is 0 Å². The number of hydrogen-bond donors (Lipinski definition) is 0. The third-order valence-electron chi connectivity index (χ3n) is 10.9. The first kappa shape index (κ1) is 29.6. The predicted octanol–water partition coefficient (Wildman–Crippen LogP) is 13.6. The zero-order chi connectivity index (χ0) is 34.9. The largest absolute Gasteiger partial charge is 0.311 e. The van der Waals surface area contributed by atoms with E-state index >= 15 is 0 Å². The van der Waals surface area contributed by atoms with Crippen LogP contribution in [0.4, 0.5) is 17.1 Å². The monoisotopic (exact) mass is 675 g/mol. The van der Waals surface area contributed by atoms with Gasteiger partial charge in [-0.2, -0.15) is 0 Å². The van der Waals surface area contributed by atoms with E-state index in [1.165, 1.54) is 71.2 Å². The predicted molar refractivity (Wildman–Crippen MR) is 224 cm³/mol. The van der Waals surface area contributed by atoms with Crippen LogP contribution in [-0.2, 0) is 0 Å². The molecule has 0 unspecified atom stereocenters. The Morgan fingerprint density at radius 3 is 1.42 bits per heavy atom. The molecule has 248 valence electrons. The van der Waals surface area contributed by atoms with Crippen molar-refractivity contribution >= 4 is 71.4 Å². The third kappa shape index (κ3) is 4.47. The molecule has 0 saturated heterocycles. The number of hydrogen-bond acceptors (Lipinski definition) is 1. The van der Waals surface area contributed by atoms with Crippen LogP contribution in [0.3, 0.4) is 0 Å². The topological polar surface area (TPSA) is 13.1 Å². The second-order valence-corrected chi connectivity index (χ2v) is 13.7. The summed E-state index contributed by atoms with van der Waals surface area (Å²) in [6.07, 6.45) is 0. The van der Waals surface area contributed by atoms with E-state index < -0.39 is 0 Å². The van der Waals surface area contributed by atoms with E-state index in [1.54, 1.807) is 0 Å². The van der Waals surface area contributed by atoms with Crippen molar-refractivity contribution in [2.45, 2.75) is 0 Å². The summed E-state index contributed by atoms with van der Waals surface area (Å²) in [4.78, 5) is 2.31. The van der Waals surface area contributed by atoms with Crippen LogP contribution in [0.15, 0.2) is 200 Å². The van der Waals surface area contributed by atoms with Crippen molar-refractivity contribution in [1.82, 2.24) is 9.13 Å². The summed E-state index contributed by atoms with van der Waals surface area (Å²) in [5, 5.41) is 7.62. The first-order valence-corrected chi connectivity index (χ1v) is 18.2. The molecule has 0 spiro atoms. The van der Waals surface area contributed by atoms with Gasteiger partial charge in [0.2, 0.25) is 0 Å². The summed E-state index contributed by atoms with van der Waals surface area (Å²) in [5.41, 5.74) is 13.0. The van der Waals surface area contributed by atoms with Gasteiger partial charge in [-0.25, -0.2) is 0 Å². The molecule has 2 heterocycles. The fraction of sp³-hybridized carbons (Fsp3) is 0. The van der Waals surface area contributed by atoms with Gasteiger partial charge in [-0.15, -0.1) is 0 Å². The zero-order valence-corrected chi connectivity index (χ0v) is 28.9. The Labute approximate surface area is 307 Å². The fourth-order valence-electron chi connectivity index (χ4n) is 8.62. The Kier molecular flexibility index (Phi) is 6.55. The third-order valence-corrected chi connectivity index (χ3v) is 10.9.